The maximum Gasteiger partial charge on any atom is 0.224 e. The van der Waals surface area contributed by atoms with E-state index in [0.29, 0.717) is 5.56 Å². The van der Waals surface area contributed by atoms with Crippen LogP contribution >= 0.6 is 0 Å². The molecule has 0 bridgehead atoms. The lowest BCUT2D eigenvalue weighted by Gasteiger charge is -2.17. The lowest BCUT2D eigenvalue weighted by atomic mass is 10.1. The molecule has 1 unspecified atom stereocenters. The van der Waals surface area contributed by atoms with Crippen LogP contribution in [0.15, 0.2) is 48.5 Å². The van der Waals surface area contributed by atoms with Gasteiger partial charge in [0, 0.05) is 5.56 Å². The van der Waals surface area contributed by atoms with Crippen LogP contribution in [0.2, 0.25) is 0 Å². The van der Waals surface area contributed by atoms with Crippen molar-refractivity contribution in [3.8, 4) is 5.75 Å². The minimum absolute atomic E-state index is 0.150. The quantitative estimate of drug-likeness (QED) is 0.916. The molecule has 110 valence electrons. The van der Waals surface area contributed by atoms with Crippen molar-refractivity contribution in [2.75, 3.05) is 7.11 Å². The maximum atomic E-state index is 13.1. The molecule has 1 N–H and O–H groups in total. The van der Waals surface area contributed by atoms with Crippen molar-refractivity contribution >= 4 is 5.91 Å². The Morgan fingerprint density at radius 1 is 1.24 bits per heavy atom. The number of benzene rings is 2. The monoisotopic (exact) mass is 287 g/mol. The Morgan fingerprint density at radius 3 is 2.71 bits per heavy atom. The minimum atomic E-state index is -0.335. The van der Waals surface area contributed by atoms with Gasteiger partial charge in [-0.3, -0.25) is 4.79 Å². The van der Waals surface area contributed by atoms with E-state index in [4.69, 9.17) is 4.74 Å². The molecule has 0 spiro atoms. The largest absolute Gasteiger partial charge is 0.496 e. The third-order valence-corrected chi connectivity index (χ3v) is 3.24. The molecule has 2 aromatic carbocycles. The summed E-state index contributed by atoms with van der Waals surface area (Å²) >= 11 is 0. The maximum absolute atomic E-state index is 13.1. The van der Waals surface area contributed by atoms with Crippen LogP contribution in [0.4, 0.5) is 4.39 Å². The summed E-state index contributed by atoms with van der Waals surface area (Å²) in [5.74, 6) is 0.244. The van der Waals surface area contributed by atoms with Crippen molar-refractivity contribution in [3.05, 3.63) is 65.5 Å². The number of ether oxygens (including phenoxy) is 1. The van der Waals surface area contributed by atoms with Crippen LogP contribution in [0.3, 0.4) is 0 Å². The normalized spacial score (nSPS) is 11.8. The van der Waals surface area contributed by atoms with Crippen molar-refractivity contribution in [1.82, 2.24) is 5.32 Å². The second-order valence-corrected chi connectivity index (χ2v) is 4.84. The predicted octanol–water partition coefficient (Wildman–Crippen LogP) is 3.25. The molecule has 0 radical (unpaired) electrons. The van der Waals surface area contributed by atoms with Crippen LogP contribution in [-0.2, 0) is 11.2 Å². The van der Waals surface area contributed by atoms with Gasteiger partial charge in [0.05, 0.1) is 19.6 Å². The van der Waals surface area contributed by atoms with Crippen LogP contribution in [0.25, 0.3) is 0 Å². The molecule has 2 rings (SSSR count). The van der Waals surface area contributed by atoms with E-state index in [1.54, 1.807) is 19.2 Å². The molecular weight excluding hydrogens is 269 g/mol. The van der Waals surface area contributed by atoms with Gasteiger partial charge in [0.25, 0.3) is 0 Å². The third kappa shape index (κ3) is 4.05. The summed E-state index contributed by atoms with van der Waals surface area (Å²) in [5.41, 5.74) is 1.56. The highest BCUT2D eigenvalue weighted by molar-refractivity contribution is 5.79. The number of methoxy groups -OCH3 is 1. The van der Waals surface area contributed by atoms with E-state index in [0.717, 1.165) is 11.3 Å². The highest BCUT2D eigenvalue weighted by Crippen LogP contribution is 2.24. The number of hydrogen-bond donors (Lipinski definition) is 1. The summed E-state index contributed by atoms with van der Waals surface area (Å²) in [7, 11) is 1.60. The Kier molecular flexibility index (Phi) is 4.93. The number of halogens is 1. The molecule has 0 aromatic heterocycles. The first-order chi connectivity index (χ1) is 10.1. The second kappa shape index (κ2) is 6.88. The summed E-state index contributed by atoms with van der Waals surface area (Å²) in [6.07, 6.45) is 0.150. The van der Waals surface area contributed by atoms with Crippen LogP contribution in [0, 0.1) is 5.82 Å². The fourth-order valence-electron chi connectivity index (χ4n) is 2.23. The van der Waals surface area contributed by atoms with Gasteiger partial charge < -0.3 is 10.1 Å². The molecule has 0 heterocycles. The lowest BCUT2D eigenvalue weighted by Crippen LogP contribution is -2.28. The molecule has 21 heavy (non-hydrogen) atoms. The molecule has 0 saturated carbocycles. The first-order valence-corrected chi connectivity index (χ1v) is 6.77. The molecule has 0 saturated heterocycles. The van der Waals surface area contributed by atoms with Crippen LogP contribution in [-0.4, -0.2) is 13.0 Å². The molecule has 1 atom stereocenters. The summed E-state index contributed by atoms with van der Waals surface area (Å²) in [6, 6.07) is 13.4. The summed E-state index contributed by atoms with van der Waals surface area (Å²) in [4.78, 5) is 12.0. The molecule has 1 amide bonds. The topological polar surface area (TPSA) is 38.3 Å². The fraction of sp³-hybridized carbons (Fsp3) is 0.235. The zero-order chi connectivity index (χ0) is 15.2. The molecule has 3 nitrogen and oxygen atoms in total. The minimum Gasteiger partial charge on any atom is -0.496 e. The van der Waals surface area contributed by atoms with Gasteiger partial charge >= 0.3 is 0 Å². The molecule has 4 heteroatoms. The number of nitrogens with one attached hydrogen (secondary N) is 1. The standard InChI is InChI=1S/C17H18FNO2/c1-12(15-8-3-4-9-16(15)21-2)19-17(20)11-13-6-5-7-14(18)10-13/h3-10,12H,11H2,1-2H3,(H,19,20). The SMILES string of the molecule is COc1ccccc1C(C)NC(=O)Cc1cccc(F)c1. The van der Waals surface area contributed by atoms with Crippen LogP contribution in [0.1, 0.15) is 24.1 Å². The Hall–Kier alpha value is -2.36. The van der Waals surface area contributed by atoms with E-state index in [2.05, 4.69) is 5.32 Å². The van der Waals surface area contributed by atoms with Crippen molar-refractivity contribution in [1.29, 1.82) is 0 Å². The predicted molar refractivity (Wildman–Crippen MR) is 79.7 cm³/mol. The molecular formula is C17H18FNO2. The number of rotatable bonds is 5. The first kappa shape index (κ1) is 15.0. The highest BCUT2D eigenvalue weighted by atomic mass is 19.1. The van der Waals surface area contributed by atoms with Crippen molar-refractivity contribution in [2.45, 2.75) is 19.4 Å². The number of para-hydroxylation sites is 1. The Balaban J connectivity index is 2.02. The second-order valence-electron chi connectivity index (χ2n) is 4.84. The smallest absolute Gasteiger partial charge is 0.224 e. The first-order valence-electron chi connectivity index (χ1n) is 6.77. The number of carbonyl (C=O) groups excluding carboxylic acids is 1. The van der Waals surface area contributed by atoms with Gasteiger partial charge in [-0.15, -0.1) is 0 Å². The molecule has 0 aliphatic carbocycles. The average Bonchev–Trinajstić information content (AvgIpc) is 2.47. The van der Waals surface area contributed by atoms with Crippen molar-refractivity contribution < 1.29 is 13.9 Å². The van der Waals surface area contributed by atoms with E-state index in [1.165, 1.54) is 12.1 Å². The average molecular weight is 287 g/mol. The summed E-state index contributed by atoms with van der Waals surface area (Å²) < 4.78 is 18.4. The summed E-state index contributed by atoms with van der Waals surface area (Å²) in [6.45, 7) is 1.89. The molecule has 0 aliphatic rings. The van der Waals surface area contributed by atoms with E-state index in [1.807, 2.05) is 31.2 Å². The van der Waals surface area contributed by atoms with Gasteiger partial charge in [-0.25, -0.2) is 4.39 Å². The van der Waals surface area contributed by atoms with Gasteiger partial charge in [0.15, 0.2) is 0 Å². The van der Waals surface area contributed by atoms with E-state index in [-0.39, 0.29) is 24.2 Å². The molecule has 0 aliphatic heterocycles. The number of hydrogen-bond acceptors (Lipinski definition) is 2. The zero-order valence-corrected chi connectivity index (χ0v) is 12.1. The van der Waals surface area contributed by atoms with Gasteiger partial charge in [-0.05, 0) is 30.7 Å². The van der Waals surface area contributed by atoms with Gasteiger partial charge in [0.1, 0.15) is 11.6 Å². The van der Waals surface area contributed by atoms with Crippen LogP contribution in [0.5, 0.6) is 5.75 Å². The Labute approximate surface area is 123 Å². The highest BCUT2D eigenvalue weighted by Gasteiger charge is 2.13. The molecule has 0 fully saturated rings. The molecule has 2 aromatic rings. The van der Waals surface area contributed by atoms with E-state index >= 15 is 0 Å². The van der Waals surface area contributed by atoms with Crippen molar-refractivity contribution in [3.63, 3.8) is 0 Å². The van der Waals surface area contributed by atoms with E-state index in [9.17, 15) is 9.18 Å². The van der Waals surface area contributed by atoms with Crippen molar-refractivity contribution in [2.24, 2.45) is 0 Å². The van der Waals surface area contributed by atoms with Gasteiger partial charge in [-0.1, -0.05) is 30.3 Å². The third-order valence-electron chi connectivity index (χ3n) is 3.24. The van der Waals surface area contributed by atoms with Gasteiger partial charge in [0.2, 0.25) is 5.91 Å². The van der Waals surface area contributed by atoms with Crippen LogP contribution < -0.4 is 10.1 Å². The Bertz CT molecular complexity index is 628. The number of amides is 1. The number of carbonyl (C=O) groups is 1. The lowest BCUT2D eigenvalue weighted by molar-refractivity contribution is -0.121. The fourth-order valence-corrected chi connectivity index (χ4v) is 2.23. The summed E-state index contributed by atoms with van der Waals surface area (Å²) in [5, 5.41) is 2.90. The Morgan fingerprint density at radius 2 is 2.00 bits per heavy atom. The van der Waals surface area contributed by atoms with Gasteiger partial charge in [-0.2, -0.15) is 0 Å². The van der Waals surface area contributed by atoms with E-state index < -0.39 is 0 Å². The zero-order valence-electron chi connectivity index (χ0n) is 12.1.